The minimum absolute atomic E-state index is 0.0749. The summed E-state index contributed by atoms with van der Waals surface area (Å²) in [6, 6.07) is 9.25. The fourth-order valence-corrected chi connectivity index (χ4v) is 3.03. The number of aromatic nitrogens is 2. The van der Waals surface area contributed by atoms with E-state index in [4.69, 9.17) is 4.52 Å². The molecule has 3 aromatic rings. The lowest BCUT2D eigenvalue weighted by molar-refractivity contribution is -0.116. The number of hydrogen-bond donors (Lipinski definition) is 2. The predicted molar refractivity (Wildman–Crippen MR) is 105 cm³/mol. The van der Waals surface area contributed by atoms with E-state index in [1.165, 1.54) is 11.3 Å². The number of hydrogen-bond acceptors (Lipinski definition) is 6. The van der Waals surface area contributed by atoms with Crippen LogP contribution in [0.15, 0.2) is 40.2 Å². The fourth-order valence-electron chi connectivity index (χ4n) is 2.38. The summed E-state index contributed by atoms with van der Waals surface area (Å²) < 4.78 is 5.21. The molecule has 1 aromatic carbocycles. The van der Waals surface area contributed by atoms with E-state index in [-0.39, 0.29) is 18.2 Å². The van der Waals surface area contributed by atoms with Crippen molar-refractivity contribution in [3.8, 4) is 10.7 Å². The zero-order valence-corrected chi connectivity index (χ0v) is 15.9. The van der Waals surface area contributed by atoms with Crippen LogP contribution in [0.25, 0.3) is 10.7 Å². The molecule has 0 fully saturated rings. The van der Waals surface area contributed by atoms with E-state index >= 15 is 0 Å². The van der Waals surface area contributed by atoms with Crippen molar-refractivity contribution >= 4 is 34.5 Å². The van der Waals surface area contributed by atoms with Gasteiger partial charge in [-0.2, -0.15) is 4.98 Å². The van der Waals surface area contributed by atoms with Gasteiger partial charge in [-0.1, -0.05) is 24.2 Å². The minimum atomic E-state index is -0.159. The summed E-state index contributed by atoms with van der Waals surface area (Å²) in [5.41, 5.74) is 2.23. The fraction of sp³-hybridized carbons (Fsp3) is 0.263. The summed E-state index contributed by atoms with van der Waals surface area (Å²) in [7, 11) is 0. The highest BCUT2D eigenvalue weighted by Gasteiger charge is 2.12. The molecule has 0 bridgehead atoms. The van der Waals surface area contributed by atoms with Gasteiger partial charge < -0.3 is 15.2 Å². The number of amides is 2. The summed E-state index contributed by atoms with van der Waals surface area (Å²) in [5, 5.41) is 11.5. The number of carbonyl (C=O) groups excluding carboxylic acids is 2. The Morgan fingerprint density at radius 3 is 2.78 bits per heavy atom. The zero-order valence-electron chi connectivity index (χ0n) is 15.1. The van der Waals surface area contributed by atoms with Crippen LogP contribution in [0.2, 0.25) is 0 Å². The molecule has 8 heteroatoms. The monoisotopic (exact) mass is 384 g/mol. The predicted octanol–water partition coefficient (Wildman–Crippen LogP) is 4.03. The second kappa shape index (κ2) is 8.59. The Labute approximate surface area is 160 Å². The maximum atomic E-state index is 12.3. The van der Waals surface area contributed by atoms with E-state index in [1.807, 2.05) is 36.6 Å². The van der Waals surface area contributed by atoms with E-state index < -0.39 is 0 Å². The van der Waals surface area contributed by atoms with Crippen molar-refractivity contribution < 1.29 is 14.1 Å². The first kappa shape index (κ1) is 18.8. The van der Waals surface area contributed by atoms with Crippen LogP contribution in [-0.4, -0.2) is 22.0 Å². The first-order valence-electron chi connectivity index (χ1n) is 8.62. The van der Waals surface area contributed by atoms with E-state index in [0.29, 0.717) is 35.9 Å². The SMILES string of the molecule is CCC(=O)Nc1ccc(C)c(NC(=O)CCc2nc(-c3cccs3)no2)c1. The normalized spacial score (nSPS) is 10.6. The quantitative estimate of drug-likeness (QED) is 0.641. The van der Waals surface area contributed by atoms with Gasteiger partial charge in [0.2, 0.25) is 23.5 Å². The van der Waals surface area contributed by atoms with Gasteiger partial charge in [0.1, 0.15) is 0 Å². The Bertz CT molecular complexity index is 934. The number of aryl methyl sites for hydroxylation is 2. The van der Waals surface area contributed by atoms with Gasteiger partial charge in [-0.15, -0.1) is 11.3 Å². The highest BCUT2D eigenvalue weighted by atomic mass is 32.1. The third kappa shape index (κ3) is 5.01. The minimum Gasteiger partial charge on any atom is -0.339 e. The van der Waals surface area contributed by atoms with Crippen molar-refractivity contribution in [3.63, 3.8) is 0 Å². The molecule has 140 valence electrons. The van der Waals surface area contributed by atoms with Crippen molar-refractivity contribution in [2.24, 2.45) is 0 Å². The lowest BCUT2D eigenvalue weighted by atomic mass is 10.1. The molecular weight excluding hydrogens is 364 g/mol. The molecule has 2 N–H and O–H groups in total. The van der Waals surface area contributed by atoms with Gasteiger partial charge in [0.25, 0.3) is 0 Å². The van der Waals surface area contributed by atoms with Crippen LogP contribution in [0.1, 0.15) is 31.2 Å². The molecule has 7 nitrogen and oxygen atoms in total. The molecule has 0 radical (unpaired) electrons. The molecule has 0 saturated carbocycles. The Hall–Kier alpha value is -3.00. The highest BCUT2D eigenvalue weighted by Crippen LogP contribution is 2.22. The number of benzene rings is 1. The van der Waals surface area contributed by atoms with Crippen molar-refractivity contribution in [1.82, 2.24) is 10.1 Å². The molecule has 2 heterocycles. The standard InChI is InChI=1S/C19H20N4O3S/c1-3-16(24)20-13-7-6-12(2)14(11-13)21-17(25)8-9-18-22-19(23-26-18)15-5-4-10-27-15/h4-7,10-11H,3,8-9H2,1-2H3,(H,20,24)(H,21,25). The number of nitrogens with one attached hydrogen (secondary N) is 2. The van der Waals surface area contributed by atoms with Gasteiger partial charge >= 0.3 is 0 Å². The molecule has 0 aliphatic rings. The lowest BCUT2D eigenvalue weighted by Gasteiger charge is -2.11. The Morgan fingerprint density at radius 1 is 1.19 bits per heavy atom. The molecule has 0 spiro atoms. The second-order valence-electron chi connectivity index (χ2n) is 5.97. The van der Waals surface area contributed by atoms with Crippen LogP contribution >= 0.6 is 11.3 Å². The van der Waals surface area contributed by atoms with E-state index in [1.54, 1.807) is 13.0 Å². The lowest BCUT2D eigenvalue weighted by Crippen LogP contribution is -2.14. The van der Waals surface area contributed by atoms with Gasteiger partial charge in [-0.05, 0) is 36.1 Å². The van der Waals surface area contributed by atoms with Crippen LogP contribution in [0.3, 0.4) is 0 Å². The third-order valence-corrected chi connectivity index (χ3v) is 4.76. The highest BCUT2D eigenvalue weighted by molar-refractivity contribution is 7.13. The Balaban J connectivity index is 1.58. The second-order valence-corrected chi connectivity index (χ2v) is 6.92. The first-order chi connectivity index (χ1) is 13.0. The number of rotatable bonds is 7. The number of carbonyl (C=O) groups is 2. The Kier molecular flexibility index (Phi) is 5.97. The third-order valence-electron chi connectivity index (χ3n) is 3.89. The number of nitrogens with zero attached hydrogens (tertiary/aromatic N) is 2. The van der Waals surface area contributed by atoms with Gasteiger partial charge in [0, 0.05) is 30.6 Å². The average molecular weight is 384 g/mol. The molecule has 27 heavy (non-hydrogen) atoms. The molecule has 0 aliphatic heterocycles. The number of anilines is 2. The van der Waals surface area contributed by atoms with Crippen molar-refractivity contribution in [2.75, 3.05) is 10.6 Å². The Morgan fingerprint density at radius 2 is 2.04 bits per heavy atom. The van der Waals surface area contributed by atoms with Gasteiger partial charge in [-0.3, -0.25) is 9.59 Å². The van der Waals surface area contributed by atoms with Crippen molar-refractivity contribution in [2.45, 2.75) is 33.1 Å². The van der Waals surface area contributed by atoms with E-state index in [9.17, 15) is 9.59 Å². The first-order valence-corrected chi connectivity index (χ1v) is 9.50. The van der Waals surface area contributed by atoms with Gasteiger partial charge in [-0.25, -0.2) is 0 Å². The van der Waals surface area contributed by atoms with Crippen molar-refractivity contribution in [3.05, 3.63) is 47.2 Å². The molecule has 0 saturated heterocycles. The van der Waals surface area contributed by atoms with Crippen molar-refractivity contribution in [1.29, 1.82) is 0 Å². The molecule has 2 amide bonds. The summed E-state index contributed by atoms with van der Waals surface area (Å²) in [4.78, 5) is 29.0. The number of thiophene rings is 1. The smallest absolute Gasteiger partial charge is 0.227 e. The summed E-state index contributed by atoms with van der Waals surface area (Å²) in [6.45, 7) is 3.68. The van der Waals surface area contributed by atoms with Crippen LogP contribution in [0.5, 0.6) is 0 Å². The summed E-state index contributed by atoms with van der Waals surface area (Å²) >= 11 is 1.53. The van der Waals surface area contributed by atoms with Gasteiger partial charge in [0.05, 0.1) is 4.88 Å². The maximum absolute atomic E-state index is 12.3. The summed E-state index contributed by atoms with van der Waals surface area (Å²) in [6.07, 6.45) is 0.972. The largest absolute Gasteiger partial charge is 0.339 e. The van der Waals surface area contributed by atoms with Gasteiger partial charge in [0.15, 0.2) is 0 Å². The molecule has 0 aliphatic carbocycles. The molecule has 2 aromatic heterocycles. The van der Waals surface area contributed by atoms with E-state index in [2.05, 4.69) is 20.8 Å². The van der Waals surface area contributed by atoms with E-state index in [0.717, 1.165) is 10.4 Å². The molecule has 0 unspecified atom stereocenters. The molecule has 3 rings (SSSR count). The average Bonchev–Trinajstić information content (AvgIpc) is 3.34. The van der Waals surface area contributed by atoms with Crippen LogP contribution < -0.4 is 10.6 Å². The maximum Gasteiger partial charge on any atom is 0.227 e. The molecular formula is C19H20N4O3S. The molecule has 0 atom stereocenters. The van der Waals surface area contributed by atoms with Crippen LogP contribution in [0, 0.1) is 6.92 Å². The zero-order chi connectivity index (χ0) is 19.2. The van der Waals surface area contributed by atoms with Crippen LogP contribution in [0.4, 0.5) is 11.4 Å². The topological polar surface area (TPSA) is 97.1 Å². The summed E-state index contributed by atoms with van der Waals surface area (Å²) in [5.74, 6) is 0.729. The van der Waals surface area contributed by atoms with Crippen LogP contribution in [-0.2, 0) is 16.0 Å².